The lowest BCUT2D eigenvalue weighted by Crippen LogP contribution is -2.30. The molecule has 20 heavy (non-hydrogen) atoms. The highest BCUT2D eigenvalue weighted by atomic mass is 16.6. The lowest BCUT2D eigenvalue weighted by atomic mass is 10.1. The van der Waals surface area contributed by atoms with Gasteiger partial charge in [0.2, 0.25) is 5.76 Å². The van der Waals surface area contributed by atoms with E-state index >= 15 is 0 Å². The Morgan fingerprint density at radius 1 is 1.25 bits per heavy atom. The molecule has 0 bridgehead atoms. The van der Waals surface area contributed by atoms with Gasteiger partial charge in [0.25, 0.3) is 5.91 Å². The largest absolute Gasteiger partial charge is 0.370 e. The van der Waals surface area contributed by atoms with Crippen molar-refractivity contribution in [1.29, 1.82) is 0 Å². The molecule has 1 aliphatic rings. The molecule has 0 atom stereocenters. The third kappa shape index (κ3) is 3.38. The summed E-state index contributed by atoms with van der Waals surface area (Å²) in [6.07, 6.45) is 3.62. The van der Waals surface area contributed by atoms with Gasteiger partial charge in [-0.15, -0.1) is 0 Å². The number of para-hydroxylation sites is 2. The zero-order chi connectivity index (χ0) is 14.4. The van der Waals surface area contributed by atoms with E-state index in [1.54, 1.807) is 0 Å². The number of carbonyl (C=O) groups excluding carboxylic acids is 1. The number of nitrogens with zero attached hydrogens (tertiary/aromatic N) is 2. The number of oxime groups is 1. The zero-order valence-corrected chi connectivity index (χ0v) is 11.5. The number of anilines is 2. The molecule has 0 unspecified atom stereocenters. The summed E-state index contributed by atoms with van der Waals surface area (Å²) < 4.78 is 0. The lowest BCUT2D eigenvalue weighted by Gasteiger charge is -2.30. The van der Waals surface area contributed by atoms with E-state index in [1.165, 1.54) is 19.3 Å². The molecule has 2 rings (SSSR count). The molecule has 1 aromatic carbocycles. The van der Waals surface area contributed by atoms with Crippen LogP contribution in [0.3, 0.4) is 0 Å². The average Bonchev–Trinajstić information content (AvgIpc) is 2.49. The molecule has 0 aromatic heterocycles. The van der Waals surface area contributed by atoms with Crippen LogP contribution in [-0.2, 0) is 9.63 Å². The summed E-state index contributed by atoms with van der Waals surface area (Å²) in [7, 11) is 0. The molecule has 0 spiro atoms. The minimum absolute atomic E-state index is 0.0755. The maximum atomic E-state index is 11.9. The van der Waals surface area contributed by atoms with Gasteiger partial charge >= 0.3 is 0 Å². The summed E-state index contributed by atoms with van der Waals surface area (Å²) in [5, 5.41) is 5.99. The number of amides is 1. The normalized spacial score (nSPS) is 14.5. The fourth-order valence-electron chi connectivity index (χ4n) is 2.30. The summed E-state index contributed by atoms with van der Waals surface area (Å²) in [6.45, 7) is 8.69. The van der Waals surface area contributed by atoms with Crippen molar-refractivity contribution in [2.45, 2.75) is 19.3 Å². The molecule has 5 heteroatoms. The van der Waals surface area contributed by atoms with Crippen LogP contribution < -0.4 is 10.2 Å². The monoisotopic (exact) mass is 273 g/mol. The molecule has 0 saturated carbocycles. The Bertz CT molecular complexity index is 508. The number of nitrogens with one attached hydrogen (secondary N) is 1. The second-order valence-corrected chi connectivity index (χ2v) is 4.66. The quantitative estimate of drug-likeness (QED) is 0.388. The van der Waals surface area contributed by atoms with E-state index in [1.807, 2.05) is 24.3 Å². The van der Waals surface area contributed by atoms with Crippen molar-refractivity contribution in [1.82, 2.24) is 0 Å². The number of rotatable bonds is 5. The maximum absolute atomic E-state index is 11.9. The predicted octanol–water partition coefficient (Wildman–Crippen LogP) is 2.76. The van der Waals surface area contributed by atoms with Gasteiger partial charge in [0.05, 0.1) is 11.4 Å². The van der Waals surface area contributed by atoms with Crippen LogP contribution in [0.4, 0.5) is 11.4 Å². The Hall–Kier alpha value is -2.30. The smallest absolute Gasteiger partial charge is 0.293 e. The second kappa shape index (κ2) is 6.75. The molecule has 106 valence electrons. The highest BCUT2D eigenvalue weighted by molar-refractivity contribution is 6.03. The van der Waals surface area contributed by atoms with Crippen molar-refractivity contribution in [2.24, 2.45) is 5.16 Å². The summed E-state index contributed by atoms with van der Waals surface area (Å²) >= 11 is 0. The van der Waals surface area contributed by atoms with E-state index in [0.717, 1.165) is 24.5 Å². The Kier molecular flexibility index (Phi) is 4.76. The van der Waals surface area contributed by atoms with Crippen LogP contribution in [0.15, 0.2) is 41.8 Å². The molecule has 1 aromatic rings. The molecule has 1 N–H and O–H groups in total. The summed E-state index contributed by atoms with van der Waals surface area (Å²) in [5.41, 5.74) is 1.79. The van der Waals surface area contributed by atoms with Crippen LogP contribution in [0, 0.1) is 0 Å². The number of benzene rings is 1. The Labute approximate surface area is 118 Å². The van der Waals surface area contributed by atoms with Gasteiger partial charge in [-0.05, 0) is 38.0 Å². The van der Waals surface area contributed by atoms with Gasteiger partial charge in [-0.1, -0.05) is 17.3 Å². The van der Waals surface area contributed by atoms with Gasteiger partial charge < -0.3 is 15.1 Å². The zero-order valence-electron chi connectivity index (χ0n) is 11.5. The first-order chi connectivity index (χ1) is 9.72. The van der Waals surface area contributed by atoms with E-state index in [2.05, 4.69) is 33.5 Å². The van der Waals surface area contributed by atoms with Crippen LogP contribution >= 0.6 is 0 Å². The Morgan fingerprint density at radius 2 is 1.95 bits per heavy atom. The highest BCUT2D eigenvalue weighted by Gasteiger charge is 2.16. The van der Waals surface area contributed by atoms with E-state index in [4.69, 9.17) is 0 Å². The molecule has 1 fully saturated rings. The number of hydrogen-bond acceptors (Lipinski definition) is 4. The molecule has 1 heterocycles. The van der Waals surface area contributed by atoms with Gasteiger partial charge in [-0.25, -0.2) is 0 Å². The molecular weight excluding hydrogens is 254 g/mol. The third-order valence-electron chi connectivity index (χ3n) is 3.28. The first-order valence-electron chi connectivity index (χ1n) is 6.69. The number of piperidine rings is 1. The summed E-state index contributed by atoms with van der Waals surface area (Å²) in [4.78, 5) is 18.8. The number of carbonyl (C=O) groups is 1. The van der Waals surface area contributed by atoms with Crippen molar-refractivity contribution < 1.29 is 9.63 Å². The molecule has 0 radical (unpaired) electrons. The van der Waals surface area contributed by atoms with Crippen molar-refractivity contribution in [3.63, 3.8) is 0 Å². The Balaban J connectivity index is 2.13. The van der Waals surface area contributed by atoms with Gasteiger partial charge in [0, 0.05) is 19.8 Å². The number of hydrogen-bond donors (Lipinski definition) is 1. The minimum atomic E-state index is -0.415. The van der Waals surface area contributed by atoms with E-state index in [-0.39, 0.29) is 5.76 Å². The molecule has 1 amide bonds. The SMILES string of the molecule is C=NOC(=C)C(=O)Nc1ccccc1N1CCCCC1. The van der Waals surface area contributed by atoms with Crippen LogP contribution in [0.25, 0.3) is 0 Å². The first kappa shape index (κ1) is 14.1. The van der Waals surface area contributed by atoms with Crippen LogP contribution in [0.2, 0.25) is 0 Å². The van der Waals surface area contributed by atoms with E-state index in [0.29, 0.717) is 0 Å². The molecule has 5 nitrogen and oxygen atoms in total. The predicted molar refractivity (Wildman–Crippen MR) is 80.9 cm³/mol. The highest BCUT2D eigenvalue weighted by Crippen LogP contribution is 2.28. The lowest BCUT2D eigenvalue weighted by molar-refractivity contribution is -0.116. The van der Waals surface area contributed by atoms with Crippen molar-refractivity contribution >= 4 is 24.0 Å². The van der Waals surface area contributed by atoms with Crippen molar-refractivity contribution in [3.05, 3.63) is 36.6 Å². The fraction of sp³-hybridized carbons (Fsp3) is 0.333. The first-order valence-corrected chi connectivity index (χ1v) is 6.69. The van der Waals surface area contributed by atoms with Gasteiger partial charge in [-0.2, -0.15) is 0 Å². The fourth-order valence-corrected chi connectivity index (χ4v) is 2.30. The second-order valence-electron chi connectivity index (χ2n) is 4.66. The molecule has 1 saturated heterocycles. The van der Waals surface area contributed by atoms with Crippen LogP contribution in [0.5, 0.6) is 0 Å². The topological polar surface area (TPSA) is 53.9 Å². The standard InChI is InChI=1S/C15H19N3O2/c1-12(20-16-2)15(19)17-13-8-4-5-9-14(13)18-10-6-3-7-11-18/h4-5,8-9H,1-3,6-7,10-11H2,(H,17,19). The maximum Gasteiger partial charge on any atom is 0.293 e. The van der Waals surface area contributed by atoms with Crippen LogP contribution in [0.1, 0.15) is 19.3 Å². The van der Waals surface area contributed by atoms with E-state index < -0.39 is 5.91 Å². The van der Waals surface area contributed by atoms with E-state index in [9.17, 15) is 4.79 Å². The molecular formula is C15H19N3O2. The van der Waals surface area contributed by atoms with Crippen molar-refractivity contribution in [3.8, 4) is 0 Å². The third-order valence-corrected chi connectivity index (χ3v) is 3.28. The van der Waals surface area contributed by atoms with Gasteiger partial charge in [-0.3, -0.25) is 4.79 Å². The minimum Gasteiger partial charge on any atom is -0.370 e. The molecule has 0 aliphatic carbocycles. The Morgan fingerprint density at radius 3 is 2.65 bits per heavy atom. The van der Waals surface area contributed by atoms with Crippen molar-refractivity contribution in [2.75, 3.05) is 23.3 Å². The summed E-state index contributed by atoms with van der Waals surface area (Å²) in [6, 6.07) is 7.74. The molecule has 1 aliphatic heterocycles. The van der Waals surface area contributed by atoms with Crippen LogP contribution in [-0.4, -0.2) is 25.7 Å². The average molecular weight is 273 g/mol. The summed E-state index contributed by atoms with van der Waals surface area (Å²) in [5.74, 6) is -0.490. The van der Waals surface area contributed by atoms with Gasteiger partial charge in [0.15, 0.2) is 0 Å². The van der Waals surface area contributed by atoms with Gasteiger partial charge in [0.1, 0.15) is 0 Å².